The van der Waals surface area contributed by atoms with Crippen molar-refractivity contribution in [2.75, 3.05) is 13.2 Å². The van der Waals surface area contributed by atoms with Crippen LogP contribution in [0.3, 0.4) is 0 Å². The van der Waals surface area contributed by atoms with E-state index in [9.17, 15) is 4.39 Å². The van der Waals surface area contributed by atoms with E-state index in [1.54, 1.807) is 12.1 Å². The van der Waals surface area contributed by atoms with Gasteiger partial charge in [-0.2, -0.15) is 0 Å². The number of ether oxygens (including phenoxy) is 2. The first kappa shape index (κ1) is 13.7. The van der Waals surface area contributed by atoms with Crippen molar-refractivity contribution in [3.63, 3.8) is 0 Å². The molecule has 1 aliphatic heterocycles. The van der Waals surface area contributed by atoms with E-state index in [0.717, 1.165) is 0 Å². The van der Waals surface area contributed by atoms with E-state index in [1.165, 1.54) is 6.07 Å². The number of halogens is 2. The van der Waals surface area contributed by atoms with Gasteiger partial charge in [0.15, 0.2) is 5.79 Å². The Hall–Kier alpha value is -0.680. The lowest BCUT2D eigenvalue weighted by Crippen LogP contribution is -2.30. The molecule has 0 spiro atoms. The third-order valence-corrected chi connectivity index (χ3v) is 3.16. The Morgan fingerprint density at radius 2 is 2.28 bits per heavy atom. The number of rotatable bonds is 4. The SMILES string of the molecule is CC1(C)OCC(CNCc2c(F)cccc2Cl)O1. The molecule has 1 N–H and O–H groups in total. The minimum Gasteiger partial charge on any atom is -0.348 e. The molecule has 0 aliphatic carbocycles. The van der Waals surface area contributed by atoms with Gasteiger partial charge in [-0.1, -0.05) is 17.7 Å². The van der Waals surface area contributed by atoms with Crippen LogP contribution in [0, 0.1) is 5.82 Å². The first-order valence-corrected chi connectivity index (χ1v) is 6.31. The molecule has 0 aromatic heterocycles. The fourth-order valence-corrected chi connectivity index (χ4v) is 2.15. The normalized spacial score (nSPS) is 22.3. The molecule has 2 rings (SSSR count). The summed E-state index contributed by atoms with van der Waals surface area (Å²) < 4.78 is 24.6. The summed E-state index contributed by atoms with van der Waals surface area (Å²) in [6.07, 6.45) is -0.00875. The van der Waals surface area contributed by atoms with Crippen molar-refractivity contribution in [3.05, 3.63) is 34.6 Å². The monoisotopic (exact) mass is 273 g/mol. The second-order valence-electron chi connectivity index (χ2n) is 4.78. The Kier molecular flexibility index (Phi) is 4.22. The number of benzene rings is 1. The van der Waals surface area contributed by atoms with Gasteiger partial charge in [0, 0.05) is 23.7 Å². The first-order valence-electron chi connectivity index (χ1n) is 5.93. The van der Waals surface area contributed by atoms with Crippen molar-refractivity contribution in [3.8, 4) is 0 Å². The molecule has 0 saturated carbocycles. The molecule has 1 fully saturated rings. The standard InChI is InChI=1S/C13H17ClFNO2/c1-13(2)17-8-9(18-13)6-16-7-10-11(14)4-3-5-12(10)15/h3-5,9,16H,6-8H2,1-2H3. The minimum absolute atomic E-state index is 0.00875. The molecule has 1 atom stereocenters. The lowest BCUT2D eigenvalue weighted by molar-refractivity contribution is -0.137. The van der Waals surface area contributed by atoms with Crippen molar-refractivity contribution < 1.29 is 13.9 Å². The van der Waals surface area contributed by atoms with Crippen LogP contribution in [0.15, 0.2) is 18.2 Å². The molecular weight excluding hydrogens is 257 g/mol. The van der Waals surface area contributed by atoms with E-state index in [2.05, 4.69) is 5.32 Å². The van der Waals surface area contributed by atoms with E-state index in [4.69, 9.17) is 21.1 Å². The van der Waals surface area contributed by atoms with Gasteiger partial charge in [-0.25, -0.2) is 4.39 Å². The van der Waals surface area contributed by atoms with Gasteiger partial charge in [0.2, 0.25) is 0 Å². The summed E-state index contributed by atoms with van der Waals surface area (Å²) in [4.78, 5) is 0. The first-order chi connectivity index (χ1) is 8.48. The van der Waals surface area contributed by atoms with Crippen LogP contribution in [-0.2, 0) is 16.0 Å². The molecule has 1 heterocycles. The highest BCUT2D eigenvalue weighted by atomic mass is 35.5. The third kappa shape index (κ3) is 3.42. The zero-order valence-electron chi connectivity index (χ0n) is 10.5. The van der Waals surface area contributed by atoms with Crippen LogP contribution in [-0.4, -0.2) is 25.0 Å². The van der Waals surface area contributed by atoms with Gasteiger partial charge >= 0.3 is 0 Å². The van der Waals surface area contributed by atoms with Gasteiger partial charge in [0.05, 0.1) is 12.7 Å². The molecule has 100 valence electrons. The smallest absolute Gasteiger partial charge is 0.163 e. The second-order valence-corrected chi connectivity index (χ2v) is 5.19. The van der Waals surface area contributed by atoms with Crippen LogP contribution in [0.4, 0.5) is 4.39 Å². The average Bonchev–Trinajstić information content (AvgIpc) is 2.63. The number of hydrogen-bond donors (Lipinski definition) is 1. The topological polar surface area (TPSA) is 30.5 Å². The summed E-state index contributed by atoms with van der Waals surface area (Å²) in [5.74, 6) is -0.818. The largest absolute Gasteiger partial charge is 0.348 e. The highest BCUT2D eigenvalue weighted by molar-refractivity contribution is 6.31. The molecule has 1 aliphatic rings. The van der Waals surface area contributed by atoms with E-state index in [1.807, 2.05) is 13.8 Å². The maximum Gasteiger partial charge on any atom is 0.163 e. The van der Waals surface area contributed by atoms with Gasteiger partial charge in [0.1, 0.15) is 5.82 Å². The molecule has 1 aromatic carbocycles. The number of nitrogens with one attached hydrogen (secondary N) is 1. The van der Waals surface area contributed by atoms with Crippen molar-refractivity contribution >= 4 is 11.6 Å². The molecular formula is C13H17ClFNO2. The molecule has 1 aromatic rings. The molecule has 0 amide bonds. The van der Waals surface area contributed by atoms with E-state index in [0.29, 0.717) is 30.3 Å². The van der Waals surface area contributed by atoms with E-state index >= 15 is 0 Å². The summed E-state index contributed by atoms with van der Waals surface area (Å²) in [7, 11) is 0. The minimum atomic E-state index is -0.526. The molecule has 3 nitrogen and oxygen atoms in total. The van der Waals surface area contributed by atoms with Gasteiger partial charge in [0.25, 0.3) is 0 Å². The van der Waals surface area contributed by atoms with Crippen molar-refractivity contribution in [2.45, 2.75) is 32.3 Å². The Morgan fingerprint density at radius 3 is 2.89 bits per heavy atom. The van der Waals surface area contributed by atoms with Crippen molar-refractivity contribution in [2.24, 2.45) is 0 Å². The molecule has 5 heteroatoms. The highest BCUT2D eigenvalue weighted by Crippen LogP contribution is 2.22. The molecule has 0 radical (unpaired) electrons. The van der Waals surface area contributed by atoms with Crippen LogP contribution in [0.5, 0.6) is 0 Å². The molecule has 0 bridgehead atoms. The van der Waals surface area contributed by atoms with Crippen LogP contribution in [0.1, 0.15) is 19.4 Å². The highest BCUT2D eigenvalue weighted by Gasteiger charge is 2.32. The maximum absolute atomic E-state index is 13.5. The fourth-order valence-electron chi connectivity index (χ4n) is 1.92. The average molecular weight is 274 g/mol. The van der Waals surface area contributed by atoms with Crippen LogP contribution >= 0.6 is 11.6 Å². The number of hydrogen-bond acceptors (Lipinski definition) is 3. The Bertz CT molecular complexity index is 405. The summed E-state index contributed by atoms with van der Waals surface area (Å²) in [5.41, 5.74) is 0.484. The van der Waals surface area contributed by atoms with E-state index < -0.39 is 5.79 Å². The Balaban J connectivity index is 1.83. The van der Waals surface area contributed by atoms with Crippen LogP contribution < -0.4 is 5.32 Å². The van der Waals surface area contributed by atoms with Crippen molar-refractivity contribution in [1.82, 2.24) is 5.32 Å². The fraction of sp³-hybridized carbons (Fsp3) is 0.538. The summed E-state index contributed by atoms with van der Waals surface area (Å²) >= 11 is 5.93. The summed E-state index contributed by atoms with van der Waals surface area (Å²) in [6.45, 7) is 5.28. The quantitative estimate of drug-likeness (QED) is 0.915. The molecule has 1 unspecified atom stereocenters. The van der Waals surface area contributed by atoms with Crippen molar-refractivity contribution in [1.29, 1.82) is 0 Å². The second kappa shape index (κ2) is 5.53. The van der Waals surface area contributed by atoms with Crippen LogP contribution in [0.2, 0.25) is 5.02 Å². The van der Waals surface area contributed by atoms with Gasteiger partial charge in [-0.05, 0) is 26.0 Å². The maximum atomic E-state index is 13.5. The van der Waals surface area contributed by atoms with Gasteiger partial charge < -0.3 is 14.8 Å². The van der Waals surface area contributed by atoms with Gasteiger partial charge in [-0.3, -0.25) is 0 Å². The summed E-state index contributed by atoms with van der Waals surface area (Å²) in [6, 6.07) is 4.68. The predicted octanol–water partition coefficient (Wildman–Crippen LogP) is 2.72. The lowest BCUT2D eigenvalue weighted by Gasteiger charge is -2.17. The zero-order valence-corrected chi connectivity index (χ0v) is 11.3. The zero-order chi connectivity index (χ0) is 13.2. The van der Waals surface area contributed by atoms with E-state index in [-0.39, 0.29) is 11.9 Å². The lowest BCUT2D eigenvalue weighted by atomic mass is 10.2. The van der Waals surface area contributed by atoms with Gasteiger partial charge in [-0.15, -0.1) is 0 Å². The Labute approximate surface area is 111 Å². The predicted molar refractivity (Wildman–Crippen MR) is 68.0 cm³/mol. The Morgan fingerprint density at radius 1 is 1.50 bits per heavy atom. The third-order valence-electron chi connectivity index (χ3n) is 2.80. The molecule has 1 saturated heterocycles. The summed E-state index contributed by atoms with van der Waals surface area (Å²) in [5, 5.41) is 3.57. The molecule has 18 heavy (non-hydrogen) atoms. The van der Waals surface area contributed by atoms with Crippen LogP contribution in [0.25, 0.3) is 0 Å².